The van der Waals surface area contributed by atoms with Crippen LogP contribution in [0.5, 0.6) is 0 Å². The molecule has 104 valence electrons. The molecule has 5 nitrogen and oxygen atoms in total. The standard InChI is InChI=1S/C12H15FN2O3S/c13-11-8-9(19(14,17)18)4-5-10(11)12(16)15-6-2-1-3-7-15/h4-5,8H,1-3,6-7H2,(H2,14,17,18). The van der Waals surface area contributed by atoms with E-state index >= 15 is 0 Å². The second kappa shape index (κ2) is 5.26. The Balaban J connectivity index is 2.28. The fraction of sp³-hybridized carbons (Fsp3) is 0.417. The molecule has 0 radical (unpaired) electrons. The van der Waals surface area contributed by atoms with Gasteiger partial charge in [-0.15, -0.1) is 0 Å². The van der Waals surface area contributed by atoms with Gasteiger partial charge in [-0.2, -0.15) is 0 Å². The first kappa shape index (κ1) is 14.0. The van der Waals surface area contributed by atoms with Gasteiger partial charge in [-0.05, 0) is 37.5 Å². The number of hydrogen-bond acceptors (Lipinski definition) is 3. The zero-order valence-electron chi connectivity index (χ0n) is 10.3. The Labute approximate surface area is 111 Å². The number of likely N-dealkylation sites (tertiary alicyclic amines) is 1. The lowest BCUT2D eigenvalue weighted by Gasteiger charge is -2.26. The Kier molecular flexibility index (Phi) is 3.86. The van der Waals surface area contributed by atoms with E-state index in [9.17, 15) is 17.6 Å². The van der Waals surface area contributed by atoms with Crippen LogP contribution in [0.1, 0.15) is 29.6 Å². The van der Waals surface area contributed by atoms with Gasteiger partial charge in [0.25, 0.3) is 5.91 Å². The van der Waals surface area contributed by atoms with E-state index in [1.165, 1.54) is 6.07 Å². The van der Waals surface area contributed by atoms with E-state index in [2.05, 4.69) is 0 Å². The summed E-state index contributed by atoms with van der Waals surface area (Å²) in [6.45, 7) is 1.21. The Hall–Kier alpha value is -1.47. The minimum atomic E-state index is -3.96. The molecule has 0 unspecified atom stereocenters. The number of carbonyl (C=O) groups excluding carboxylic acids is 1. The molecule has 1 aromatic carbocycles. The summed E-state index contributed by atoms with van der Waals surface area (Å²) in [5.74, 6) is -1.26. The summed E-state index contributed by atoms with van der Waals surface area (Å²) in [7, 11) is -3.96. The number of benzene rings is 1. The predicted molar refractivity (Wildman–Crippen MR) is 67.5 cm³/mol. The van der Waals surface area contributed by atoms with Crippen LogP contribution in [-0.2, 0) is 10.0 Å². The van der Waals surface area contributed by atoms with Gasteiger partial charge in [-0.25, -0.2) is 17.9 Å². The number of hydrogen-bond donors (Lipinski definition) is 1. The first-order chi connectivity index (χ1) is 8.89. The van der Waals surface area contributed by atoms with Crippen LogP contribution in [0.25, 0.3) is 0 Å². The Morgan fingerprint density at radius 1 is 1.21 bits per heavy atom. The summed E-state index contributed by atoms with van der Waals surface area (Å²) >= 11 is 0. The number of sulfonamides is 1. The van der Waals surface area contributed by atoms with E-state index in [1.807, 2.05) is 0 Å². The van der Waals surface area contributed by atoms with Crippen molar-refractivity contribution in [2.75, 3.05) is 13.1 Å². The summed E-state index contributed by atoms with van der Waals surface area (Å²) < 4.78 is 36.0. The molecular weight excluding hydrogens is 271 g/mol. The number of rotatable bonds is 2. The van der Waals surface area contributed by atoms with E-state index in [-0.39, 0.29) is 10.5 Å². The van der Waals surface area contributed by atoms with Crippen molar-refractivity contribution in [1.82, 2.24) is 4.90 Å². The number of primary sulfonamides is 1. The van der Waals surface area contributed by atoms with Crippen molar-refractivity contribution in [3.63, 3.8) is 0 Å². The van der Waals surface area contributed by atoms with Crippen LogP contribution in [-0.4, -0.2) is 32.3 Å². The maximum absolute atomic E-state index is 13.8. The average Bonchev–Trinajstić information content (AvgIpc) is 2.38. The lowest BCUT2D eigenvalue weighted by Crippen LogP contribution is -2.36. The third kappa shape index (κ3) is 3.10. The number of carbonyl (C=O) groups is 1. The second-order valence-corrected chi connectivity index (χ2v) is 6.10. The SMILES string of the molecule is NS(=O)(=O)c1ccc(C(=O)N2CCCCC2)c(F)c1. The molecular formula is C12H15FN2O3S. The van der Waals surface area contributed by atoms with Crippen molar-refractivity contribution >= 4 is 15.9 Å². The van der Waals surface area contributed by atoms with Crippen LogP contribution in [0.15, 0.2) is 23.1 Å². The lowest BCUT2D eigenvalue weighted by molar-refractivity contribution is 0.0719. The molecule has 1 amide bonds. The minimum Gasteiger partial charge on any atom is -0.339 e. The molecule has 2 rings (SSSR count). The normalized spacial score (nSPS) is 16.4. The number of nitrogens with two attached hydrogens (primary N) is 1. The highest BCUT2D eigenvalue weighted by molar-refractivity contribution is 7.89. The van der Waals surface area contributed by atoms with Crippen LogP contribution in [0.3, 0.4) is 0 Å². The van der Waals surface area contributed by atoms with E-state index < -0.39 is 21.7 Å². The first-order valence-electron chi connectivity index (χ1n) is 6.01. The van der Waals surface area contributed by atoms with Gasteiger partial charge >= 0.3 is 0 Å². The van der Waals surface area contributed by atoms with Gasteiger partial charge in [0, 0.05) is 13.1 Å². The lowest BCUT2D eigenvalue weighted by atomic mass is 10.1. The van der Waals surface area contributed by atoms with E-state index in [0.29, 0.717) is 13.1 Å². The van der Waals surface area contributed by atoms with Crippen molar-refractivity contribution in [2.24, 2.45) is 5.14 Å². The Morgan fingerprint density at radius 2 is 1.84 bits per heavy atom. The van der Waals surface area contributed by atoms with Gasteiger partial charge in [0.1, 0.15) is 5.82 Å². The maximum atomic E-state index is 13.8. The third-order valence-electron chi connectivity index (χ3n) is 3.14. The Bertz CT molecular complexity index is 595. The largest absolute Gasteiger partial charge is 0.339 e. The summed E-state index contributed by atoms with van der Waals surface area (Å²) in [6, 6.07) is 3.11. The van der Waals surface area contributed by atoms with Crippen molar-refractivity contribution in [3.05, 3.63) is 29.6 Å². The number of piperidine rings is 1. The predicted octanol–water partition coefficient (Wildman–Crippen LogP) is 1.10. The number of nitrogens with zero attached hydrogens (tertiary/aromatic N) is 1. The zero-order chi connectivity index (χ0) is 14.0. The fourth-order valence-electron chi connectivity index (χ4n) is 2.11. The molecule has 1 aliphatic rings. The minimum absolute atomic E-state index is 0.116. The highest BCUT2D eigenvalue weighted by Gasteiger charge is 2.22. The third-order valence-corrected chi connectivity index (χ3v) is 4.05. The molecule has 1 aliphatic heterocycles. The maximum Gasteiger partial charge on any atom is 0.256 e. The van der Waals surface area contributed by atoms with Crippen LogP contribution in [0, 0.1) is 5.82 Å². The van der Waals surface area contributed by atoms with E-state index in [0.717, 1.165) is 31.4 Å². The molecule has 1 aromatic rings. The average molecular weight is 286 g/mol. The Morgan fingerprint density at radius 3 is 2.37 bits per heavy atom. The first-order valence-corrected chi connectivity index (χ1v) is 7.56. The van der Waals surface area contributed by atoms with Crippen LogP contribution < -0.4 is 5.14 Å². The summed E-state index contributed by atoms with van der Waals surface area (Å²) in [6.07, 6.45) is 2.88. The quantitative estimate of drug-likeness (QED) is 0.884. The van der Waals surface area contributed by atoms with Gasteiger partial charge in [0.2, 0.25) is 10.0 Å². The highest BCUT2D eigenvalue weighted by Crippen LogP contribution is 2.18. The van der Waals surface area contributed by atoms with Crippen LogP contribution >= 0.6 is 0 Å². The monoisotopic (exact) mass is 286 g/mol. The van der Waals surface area contributed by atoms with Crippen molar-refractivity contribution in [2.45, 2.75) is 24.2 Å². The van der Waals surface area contributed by atoms with Crippen molar-refractivity contribution in [3.8, 4) is 0 Å². The van der Waals surface area contributed by atoms with Gasteiger partial charge in [-0.1, -0.05) is 0 Å². The second-order valence-electron chi connectivity index (χ2n) is 4.54. The van der Waals surface area contributed by atoms with Crippen LogP contribution in [0.4, 0.5) is 4.39 Å². The van der Waals surface area contributed by atoms with Crippen molar-refractivity contribution in [1.29, 1.82) is 0 Å². The number of amides is 1. The highest BCUT2D eigenvalue weighted by atomic mass is 32.2. The molecule has 0 aliphatic carbocycles. The molecule has 0 aromatic heterocycles. The summed E-state index contributed by atoms with van der Waals surface area (Å²) in [5.41, 5.74) is -0.116. The molecule has 1 saturated heterocycles. The molecule has 1 fully saturated rings. The molecule has 0 saturated carbocycles. The molecule has 7 heteroatoms. The molecule has 0 spiro atoms. The molecule has 0 bridgehead atoms. The fourth-order valence-corrected chi connectivity index (χ4v) is 2.64. The van der Waals surface area contributed by atoms with E-state index in [1.54, 1.807) is 4.90 Å². The molecule has 19 heavy (non-hydrogen) atoms. The van der Waals surface area contributed by atoms with Gasteiger partial charge in [0.15, 0.2) is 0 Å². The zero-order valence-corrected chi connectivity index (χ0v) is 11.1. The van der Waals surface area contributed by atoms with Gasteiger partial charge in [-0.3, -0.25) is 4.79 Å². The molecule has 1 heterocycles. The topological polar surface area (TPSA) is 80.5 Å². The smallest absolute Gasteiger partial charge is 0.256 e. The van der Waals surface area contributed by atoms with E-state index in [4.69, 9.17) is 5.14 Å². The molecule has 0 atom stereocenters. The van der Waals surface area contributed by atoms with Gasteiger partial charge < -0.3 is 4.90 Å². The van der Waals surface area contributed by atoms with Gasteiger partial charge in [0.05, 0.1) is 10.5 Å². The molecule has 2 N–H and O–H groups in total. The summed E-state index contributed by atoms with van der Waals surface area (Å²) in [5, 5.41) is 4.90. The van der Waals surface area contributed by atoms with Crippen molar-refractivity contribution < 1.29 is 17.6 Å². The summed E-state index contributed by atoms with van der Waals surface area (Å²) in [4.78, 5) is 13.3. The van der Waals surface area contributed by atoms with Crippen LogP contribution in [0.2, 0.25) is 0 Å². The number of halogens is 1.